The summed E-state index contributed by atoms with van der Waals surface area (Å²) in [5.74, 6) is 0.645. The summed E-state index contributed by atoms with van der Waals surface area (Å²) in [7, 11) is 0. The number of hydrogen-bond donors (Lipinski definition) is 0. The van der Waals surface area contributed by atoms with Crippen LogP contribution in [0.25, 0.3) is 22.7 Å². The molecule has 4 aromatic rings. The Morgan fingerprint density at radius 3 is 2.57 bits per heavy atom. The highest BCUT2D eigenvalue weighted by Gasteiger charge is 2.22. The highest BCUT2D eigenvalue weighted by molar-refractivity contribution is 9.10. The lowest BCUT2D eigenvalue weighted by Gasteiger charge is -2.26. The summed E-state index contributed by atoms with van der Waals surface area (Å²) in [6.45, 7) is 5.84. The third kappa shape index (κ3) is 5.34. The van der Waals surface area contributed by atoms with Crippen molar-refractivity contribution in [3.05, 3.63) is 58.1 Å². The molecule has 1 aliphatic heterocycles. The largest absolute Gasteiger partial charge is 0.491 e. The van der Waals surface area contributed by atoms with E-state index < -0.39 is 24.1 Å². The maximum atomic E-state index is 13.8. The van der Waals surface area contributed by atoms with Gasteiger partial charge < -0.3 is 9.47 Å². The van der Waals surface area contributed by atoms with E-state index in [1.165, 1.54) is 25.4 Å². The Morgan fingerprint density at radius 1 is 1.08 bits per heavy atom. The normalized spacial score (nSPS) is 14.8. The van der Waals surface area contributed by atoms with Crippen molar-refractivity contribution in [2.24, 2.45) is 0 Å². The molecule has 0 radical (unpaired) electrons. The minimum Gasteiger partial charge on any atom is -0.491 e. The van der Waals surface area contributed by atoms with E-state index >= 15 is 0 Å². The van der Waals surface area contributed by atoms with Crippen molar-refractivity contribution in [2.75, 3.05) is 39.5 Å². The van der Waals surface area contributed by atoms with Crippen LogP contribution in [0.2, 0.25) is 0 Å². The third-order valence-corrected chi connectivity index (χ3v) is 6.69. The number of fused-ring (bicyclic) bond motifs is 1. The molecule has 0 bridgehead atoms. The molecule has 3 aromatic heterocycles. The molecule has 1 aliphatic rings. The van der Waals surface area contributed by atoms with Crippen molar-refractivity contribution in [2.45, 2.75) is 19.8 Å². The number of ether oxygens (including phenoxy) is 2. The smallest absolute Gasteiger partial charge is 0.282 e. The van der Waals surface area contributed by atoms with Crippen molar-refractivity contribution < 1.29 is 27.0 Å². The van der Waals surface area contributed by atoms with E-state index in [0.29, 0.717) is 36.6 Å². The van der Waals surface area contributed by atoms with Crippen LogP contribution in [0.5, 0.6) is 5.75 Å². The minimum absolute atomic E-state index is 0.224. The Kier molecular flexibility index (Phi) is 7.45. The van der Waals surface area contributed by atoms with Gasteiger partial charge in [-0.25, -0.2) is 32.2 Å². The molecule has 1 fully saturated rings. The zero-order chi connectivity index (χ0) is 26.1. The average Bonchev–Trinajstić information content (AvgIpc) is 3.47. The molecule has 4 heterocycles. The molecule has 0 atom stereocenters. The highest BCUT2D eigenvalue weighted by Crippen LogP contribution is 2.32. The number of hydrogen-bond acceptors (Lipinski definition) is 6. The summed E-state index contributed by atoms with van der Waals surface area (Å²) in [6.07, 6.45) is -4.20. The zero-order valence-electron chi connectivity index (χ0n) is 19.8. The Labute approximate surface area is 217 Å². The van der Waals surface area contributed by atoms with Gasteiger partial charge in [0.1, 0.15) is 30.2 Å². The van der Waals surface area contributed by atoms with Gasteiger partial charge in [-0.3, -0.25) is 9.47 Å². The van der Waals surface area contributed by atoms with Crippen LogP contribution in [0, 0.1) is 6.92 Å². The SMILES string of the molecule is Cc1cc(C(F)F)nn1-c1nc(-n2cnc3cc(Br)c(OCCN4CCOCC4)cc32)ccc1C(F)F. The van der Waals surface area contributed by atoms with Gasteiger partial charge in [0.25, 0.3) is 12.9 Å². The standard InChI is InChI=1S/C24H23BrF4N6O2/c1-14-10-18(23(28)29)32-35(14)24-15(22(26)27)2-3-21(31-24)34-13-30-17-11-16(25)20(12-19(17)34)37-9-6-33-4-7-36-8-5-33/h2-3,10-13,22-23H,4-9H2,1H3. The maximum Gasteiger partial charge on any atom is 0.282 e. The van der Waals surface area contributed by atoms with Crippen molar-refractivity contribution in [3.8, 4) is 17.4 Å². The molecule has 37 heavy (non-hydrogen) atoms. The zero-order valence-corrected chi connectivity index (χ0v) is 21.3. The first-order chi connectivity index (χ1) is 17.8. The lowest BCUT2D eigenvalue weighted by Crippen LogP contribution is -2.38. The summed E-state index contributed by atoms with van der Waals surface area (Å²) in [4.78, 5) is 11.1. The number of pyridine rings is 1. The summed E-state index contributed by atoms with van der Waals surface area (Å²) in [5.41, 5.74) is 0.594. The molecule has 1 aromatic carbocycles. The van der Waals surface area contributed by atoms with Gasteiger partial charge in [-0.2, -0.15) is 5.10 Å². The van der Waals surface area contributed by atoms with E-state index in [4.69, 9.17) is 9.47 Å². The van der Waals surface area contributed by atoms with Crippen LogP contribution in [-0.4, -0.2) is 68.7 Å². The van der Waals surface area contributed by atoms with Gasteiger partial charge in [-0.15, -0.1) is 0 Å². The van der Waals surface area contributed by atoms with Crippen molar-refractivity contribution >= 4 is 27.0 Å². The number of aromatic nitrogens is 5. The van der Waals surface area contributed by atoms with Gasteiger partial charge >= 0.3 is 0 Å². The molecular formula is C24H23BrF4N6O2. The van der Waals surface area contributed by atoms with E-state index in [2.05, 4.69) is 35.9 Å². The molecule has 0 N–H and O–H groups in total. The lowest BCUT2D eigenvalue weighted by atomic mass is 10.2. The molecule has 0 saturated carbocycles. The number of alkyl halides is 4. The van der Waals surface area contributed by atoms with Crippen molar-refractivity contribution in [1.82, 2.24) is 29.2 Å². The van der Waals surface area contributed by atoms with Crippen LogP contribution in [0.1, 0.15) is 29.8 Å². The Bertz CT molecular complexity index is 1400. The van der Waals surface area contributed by atoms with Gasteiger partial charge in [-0.05, 0) is 47.1 Å². The number of nitrogens with zero attached hydrogens (tertiary/aromatic N) is 6. The van der Waals surface area contributed by atoms with Crippen molar-refractivity contribution in [1.29, 1.82) is 0 Å². The van der Waals surface area contributed by atoms with Gasteiger partial charge in [0.2, 0.25) is 0 Å². The van der Waals surface area contributed by atoms with Gasteiger partial charge in [0.05, 0.1) is 34.3 Å². The number of benzene rings is 1. The van der Waals surface area contributed by atoms with Crippen LogP contribution < -0.4 is 4.74 Å². The molecular weight excluding hydrogens is 560 g/mol. The van der Waals surface area contributed by atoms with E-state index in [1.807, 2.05) is 0 Å². The fourth-order valence-corrected chi connectivity index (χ4v) is 4.60. The van der Waals surface area contributed by atoms with Gasteiger partial charge in [0.15, 0.2) is 5.82 Å². The number of morpholine rings is 1. The second kappa shape index (κ2) is 10.8. The molecule has 0 amide bonds. The van der Waals surface area contributed by atoms with E-state index in [0.717, 1.165) is 34.9 Å². The molecule has 8 nitrogen and oxygen atoms in total. The number of halogens is 5. The molecule has 5 rings (SSSR count). The monoisotopic (exact) mass is 582 g/mol. The summed E-state index contributed by atoms with van der Waals surface area (Å²) >= 11 is 3.52. The Balaban J connectivity index is 1.49. The molecule has 1 saturated heterocycles. The van der Waals surface area contributed by atoms with E-state index in [1.54, 1.807) is 16.7 Å². The van der Waals surface area contributed by atoms with Crippen LogP contribution in [0.3, 0.4) is 0 Å². The summed E-state index contributed by atoms with van der Waals surface area (Å²) < 4.78 is 68.8. The van der Waals surface area contributed by atoms with Gasteiger partial charge in [-0.1, -0.05) is 0 Å². The molecule has 0 aliphatic carbocycles. The number of aryl methyl sites for hydroxylation is 1. The predicted octanol–water partition coefficient (Wildman–Crippen LogP) is 5.26. The molecule has 13 heteroatoms. The van der Waals surface area contributed by atoms with E-state index in [-0.39, 0.29) is 17.3 Å². The third-order valence-electron chi connectivity index (χ3n) is 6.07. The van der Waals surface area contributed by atoms with E-state index in [9.17, 15) is 17.6 Å². The Morgan fingerprint density at radius 2 is 1.86 bits per heavy atom. The summed E-state index contributed by atoms with van der Waals surface area (Å²) in [6, 6.07) is 7.40. The highest BCUT2D eigenvalue weighted by atomic mass is 79.9. The van der Waals surface area contributed by atoms with Crippen molar-refractivity contribution in [3.63, 3.8) is 0 Å². The minimum atomic E-state index is -2.88. The topological polar surface area (TPSA) is 70.2 Å². The second-order valence-corrected chi connectivity index (χ2v) is 9.35. The first-order valence-electron chi connectivity index (χ1n) is 11.6. The number of rotatable bonds is 8. The maximum absolute atomic E-state index is 13.8. The fourth-order valence-electron chi connectivity index (χ4n) is 4.16. The lowest BCUT2D eigenvalue weighted by molar-refractivity contribution is 0.0322. The van der Waals surface area contributed by atoms with Gasteiger partial charge in [0, 0.05) is 31.4 Å². The van der Waals surface area contributed by atoms with Crippen LogP contribution in [0.4, 0.5) is 17.6 Å². The first-order valence-corrected chi connectivity index (χ1v) is 12.3. The molecule has 0 spiro atoms. The number of imidazole rings is 1. The van der Waals surface area contributed by atoms with Crippen LogP contribution in [-0.2, 0) is 4.74 Å². The quantitative estimate of drug-likeness (QED) is 0.264. The average molecular weight is 583 g/mol. The first kappa shape index (κ1) is 25.6. The van der Waals surface area contributed by atoms with Crippen LogP contribution in [0.15, 0.2) is 41.1 Å². The predicted molar refractivity (Wildman–Crippen MR) is 131 cm³/mol. The summed E-state index contributed by atoms with van der Waals surface area (Å²) in [5, 5.41) is 3.81. The molecule has 0 unspecified atom stereocenters. The van der Waals surface area contributed by atoms with Crippen LogP contribution >= 0.6 is 15.9 Å². The molecule has 196 valence electrons. The second-order valence-electron chi connectivity index (χ2n) is 8.49. The Hall–Kier alpha value is -3.03. The fraction of sp³-hybridized carbons (Fsp3) is 0.375.